The van der Waals surface area contributed by atoms with Crippen molar-refractivity contribution in [2.75, 3.05) is 5.75 Å². The summed E-state index contributed by atoms with van der Waals surface area (Å²) in [7, 11) is 0. The van der Waals surface area contributed by atoms with Crippen LogP contribution in [0.5, 0.6) is 0 Å². The number of H-pyrrole nitrogens is 1. The second-order valence-electron chi connectivity index (χ2n) is 4.52. The molecule has 0 spiro atoms. The number of benzene rings is 1. The Labute approximate surface area is 130 Å². The smallest absolute Gasteiger partial charge is 0.209 e. The minimum Gasteiger partial charge on any atom is -0.292 e. The number of Topliss-reactive ketones (excluding diaryl/α,β-unsaturated/α-hetero) is 1. The lowest BCUT2D eigenvalue weighted by Crippen LogP contribution is -1.99. The van der Waals surface area contributed by atoms with E-state index in [0.717, 1.165) is 16.3 Å². The van der Waals surface area contributed by atoms with Crippen molar-refractivity contribution in [3.8, 4) is 11.4 Å². The first-order valence-electron chi connectivity index (χ1n) is 6.41. The molecule has 0 bridgehead atoms. The molecule has 6 heteroatoms. The number of carbonyl (C=O) groups excluding carboxylic acids is 1. The quantitative estimate of drug-likeness (QED) is 0.574. The van der Waals surface area contributed by atoms with Crippen molar-refractivity contribution in [3.63, 3.8) is 0 Å². The number of hydrogen-bond donors (Lipinski definition) is 1. The Kier molecular flexibility index (Phi) is 4.17. The highest BCUT2D eigenvalue weighted by molar-refractivity contribution is 7.99. The first-order valence-corrected chi connectivity index (χ1v) is 8.28. The van der Waals surface area contributed by atoms with E-state index in [1.54, 1.807) is 0 Å². The Balaban J connectivity index is 1.65. The van der Waals surface area contributed by atoms with Gasteiger partial charge in [-0.2, -0.15) is 0 Å². The van der Waals surface area contributed by atoms with Gasteiger partial charge in [0.2, 0.25) is 5.16 Å². The summed E-state index contributed by atoms with van der Waals surface area (Å²) < 4.78 is 0. The van der Waals surface area contributed by atoms with Crippen LogP contribution in [0.2, 0.25) is 0 Å². The van der Waals surface area contributed by atoms with Crippen LogP contribution in [0, 0.1) is 6.92 Å². The summed E-state index contributed by atoms with van der Waals surface area (Å²) in [5, 5.41) is 9.55. The maximum Gasteiger partial charge on any atom is 0.209 e. The second kappa shape index (κ2) is 6.24. The molecule has 0 radical (unpaired) electrons. The molecule has 0 amide bonds. The molecule has 0 saturated heterocycles. The van der Waals surface area contributed by atoms with Crippen LogP contribution in [0.4, 0.5) is 0 Å². The van der Waals surface area contributed by atoms with E-state index < -0.39 is 0 Å². The number of hydrogen-bond acceptors (Lipinski definition) is 5. The lowest BCUT2D eigenvalue weighted by atomic mass is 10.1. The standard InChI is InChI=1S/C15H13N3OS2/c1-10-4-6-11(7-5-10)14-16-15(18-17-14)21-9-12(19)13-3-2-8-20-13/h2-8H,9H2,1H3,(H,16,17,18). The number of ketones is 1. The van der Waals surface area contributed by atoms with Crippen LogP contribution in [-0.4, -0.2) is 26.7 Å². The Bertz CT molecular complexity index is 733. The van der Waals surface area contributed by atoms with Crippen molar-refractivity contribution in [2.24, 2.45) is 0 Å². The summed E-state index contributed by atoms with van der Waals surface area (Å²) in [5.41, 5.74) is 2.19. The van der Waals surface area contributed by atoms with E-state index in [2.05, 4.69) is 15.2 Å². The largest absolute Gasteiger partial charge is 0.292 e. The van der Waals surface area contributed by atoms with Gasteiger partial charge in [0, 0.05) is 5.56 Å². The SMILES string of the molecule is Cc1ccc(-c2nc(SCC(=O)c3cccs3)n[nH]2)cc1. The van der Waals surface area contributed by atoms with Gasteiger partial charge in [-0.25, -0.2) is 4.98 Å². The minimum absolute atomic E-state index is 0.108. The van der Waals surface area contributed by atoms with Gasteiger partial charge in [-0.15, -0.1) is 16.4 Å². The van der Waals surface area contributed by atoms with Crippen molar-refractivity contribution in [2.45, 2.75) is 12.1 Å². The fourth-order valence-corrected chi connectivity index (χ4v) is 3.23. The van der Waals surface area contributed by atoms with Crippen LogP contribution in [0.1, 0.15) is 15.2 Å². The zero-order valence-corrected chi connectivity index (χ0v) is 13.0. The van der Waals surface area contributed by atoms with Gasteiger partial charge in [0.05, 0.1) is 10.6 Å². The third-order valence-electron chi connectivity index (χ3n) is 2.92. The Morgan fingerprint density at radius 3 is 2.81 bits per heavy atom. The Morgan fingerprint density at radius 1 is 1.29 bits per heavy atom. The fourth-order valence-electron chi connectivity index (χ4n) is 1.79. The van der Waals surface area contributed by atoms with Crippen molar-refractivity contribution in [1.29, 1.82) is 0 Å². The summed E-state index contributed by atoms with van der Waals surface area (Å²) in [6, 6.07) is 11.8. The second-order valence-corrected chi connectivity index (χ2v) is 6.41. The number of aryl methyl sites for hydroxylation is 1. The molecular weight excluding hydrogens is 302 g/mol. The third kappa shape index (κ3) is 3.40. The zero-order valence-electron chi connectivity index (χ0n) is 11.4. The van der Waals surface area contributed by atoms with Gasteiger partial charge >= 0.3 is 0 Å². The molecule has 0 fully saturated rings. The molecule has 0 aliphatic rings. The zero-order chi connectivity index (χ0) is 14.7. The van der Waals surface area contributed by atoms with Crippen LogP contribution >= 0.6 is 23.1 Å². The number of nitrogens with one attached hydrogen (secondary N) is 1. The third-order valence-corrected chi connectivity index (χ3v) is 4.68. The van der Waals surface area contributed by atoms with E-state index in [1.807, 2.05) is 48.7 Å². The monoisotopic (exact) mass is 315 g/mol. The molecule has 1 N–H and O–H groups in total. The predicted octanol–water partition coefficient (Wildman–Crippen LogP) is 3.82. The lowest BCUT2D eigenvalue weighted by Gasteiger charge is -1.96. The van der Waals surface area contributed by atoms with Gasteiger partial charge < -0.3 is 0 Å². The highest BCUT2D eigenvalue weighted by Gasteiger charge is 2.11. The molecule has 4 nitrogen and oxygen atoms in total. The summed E-state index contributed by atoms with van der Waals surface area (Å²) in [6.07, 6.45) is 0. The molecule has 106 valence electrons. The molecule has 0 atom stereocenters. The van der Waals surface area contributed by atoms with E-state index in [0.29, 0.717) is 10.9 Å². The average molecular weight is 315 g/mol. The average Bonchev–Trinajstić information content (AvgIpc) is 3.17. The number of aromatic amines is 1. The van der Waals surface area contributed by atoms with E-state index in [9.17, 15) is 4.79 Å². The Morgan fingerprint density at radius 2 is 2.10 bits per heavy atom. The van der Waals surface area contributed by atoms with E-state index in [1.165, 1.54) is 28.7 Å². The topological polar surface area (TPSA) is 58.6 Å². The van der Waals surface area contributed by atoms with E-state index in [-0.39, 0.29) is 5.78 Å². The van der Waals surface area contributed by atoms with Crippen molar-refractivity contribution in [3.05, 3.63) is 52.2 Å². The molecule has 3 aromatic rings. The molecule has 21 heavy (non-hydrogen) atoms. The highest BCUT2D eigenvalue weighted by atomic mass is 32.2. The number of aromatic nitrogens is 3. The van der Waals surface area contributed by atoms with Gasteiger partial charge in [-0.3, -0.25) is 9.89 Å². The number of thiophene rings is 1. The normalized spacial score (nSPS) is 10.7. The van der Waals surface area contributed by atoms with Crippen LogP contribution in [-0.2, 0) is 0 Å². The van der Waals surface area contributed by atoms with Crippen molar-refractivity contribution in [1.82, 2.24) is 15.2 Å². The molecule has 1 aromatic carbocycles. The lowest BCUT2D eigenvalue weighted by molar-refractivity contribution is 0.102. The summed E-state index contributed by atoms with van der Waals surface area (Å²) in [4.78, 5) is 17.1. The fraction of sp³-hybridized carbons (Fsp3) is 0.133. The van der Waals surface area contributed by atoms with E-state index >= 15 is 0 Å². The molecule has 3 rings (SSSR count). The van der Waals surface area contributed by atoms with Gasteiger partial charge in [0.1, 0.15) is 0 Å². The number of thioether (sulfide) groups is 1. The Hall–Kier alpha value is -1.92. The molecular formula is C15H13N3OS2. The maximum atomic E-state index is 11.9. The first-order chi connectivity index (χ1) is 10.2. The summed E-state index contributed by atoms with van der Waals surface area (Å²) in [6.45, 7) is 2.04. The van der Waals surface area contributed by atoms with Crippen molar-refractivity contribution < 1.29 is 4.79 Å². The number of nitrogens with zero attached hydrogens (tertiary/aromatic N) is 2. The van der Waals surface area contributed by atoms with Crippen molar-refractivity contribution >= 4 is 28.9 Å². The molecule has 0 unspecified atom stereocenters. The van der Waals surface area contributed by atoms with Gasteiger partial charge in [-0.1, -0.05) is 47.7 Å². The van der Waals surface area contributed by atoms with E-state index in [4.69, 9.17) is 0 Å². The van der Waals surface area contributed by atoms with Gasteiger partial charge in [-0.05, 0) is 18.4 Å². The summed E-state index contributed by atoms with van der Waals surface area (Å²) in [5.74, 6) is 1.18. The number of rotatable bonds is 5. The molecule has 0 saturated carbocycles. The van der Waals surface area contributed by atoms with Crippen LogP contribution in [0.15, 0.2) is 46.9 Å². The summed E-state index contributed by atoms with van der Waals surface area (Å²) >= 11 is 2.81. The highest BCUT2D eigenvalue weighted by Crippen LogP contribution is 2.21. The van der Waals surface area contributed by atoms with Crippen LogP contribution in [0.25, 0.3) is 11.4 Å². The minimum atomic E-state index is 0.108. The first kappa shape index (κ1) is 14.0. The molecule has 0 aliphatic carbocycles. The van der Waals surface area contributed by atoms with Gasteiger partial charge in [0.25, 0.3) is 0 Å². The maximum absolute atomic E-state index is 11.9. The predicted molar refractivity (Wildman–Crippen MR) is 85.9 cm³/mol. The van der Waals surface area contributed by atoms with Gasteiger partial charge in [0.15, 0.2) is 11.6 Å². The number of carbonyl (C=O) groups is 1. The van der Waals surface area contributed by atoms with Crippen LogP contribution in [0.3, 0.4) is 0 Å². The molecule has 2 aromatic heterocycles. The van der Waals surface area contributed by atoms with Crippen LogP contribution < -0.4 is 0 Å². The molecule has 2 heterocycles. The molecule has 0 aliphatic heterocycles.